The maximum atomic E-state index is 12.8. The lowest BCUT2D eigenvalue weighted by molar-refractivity contribution is -0.140. The van der Waals surface area contributed by atoms with Gasteiger partial charge in [0.1, 0.15) is 12.4 Å². The van der Waals surface area contributed by atoms with Crippen molar-refractivity contribution < 1.29 is 22.3 Å². The Morgan fingerprint density at radius 3 is 2.37 bits per heavy atom. The molecule has 0 spiro atoms. The zero-order chi connectivity index (χ0) is 14.5. The quantitative estimate of drug-likeness (QED) is 0.743. The summed E-state index contributed by atoms with van der Waals surface area (Å²) in [5.74, 6) is -1.16. The van der Waals surface area contributed by atoms with E-state index in [4.69, 9.17) is 0 Å². The molecular weight excluding hydrogens is 273 g/mol. The summed E-state index contributed by atoms with van der Waals surface area (Å²) in [5.41, 5.74) is 0. The van der Waals surface area contributed by atoms with E-state index in [1.165, 1.54) is 19.2 Å². The molecular formula is C12H16FNO4S. The van der Waals surface area contributed by atoms with Crippen molar-refractivity contribution in [2.45, 2.75) is 18.2 Å². The van der Waals surface area contributed by atoms with Crippen LogP contribution in [0.15, 0.2) is 29.2 Å². The fourth-order valence-electron chi connectivity index (χ4n) is 1.50. The molecule has 106 valence electrons. The van der Waals surface area contributed by atoms with Crippen molar-refractivity contribution in [1.82, 2.24) is 4.31 Å². The second-order valence-corrected chi connectivity index (χ2v) is 5.81. The minimum Gasteiger partial charge on any atom is -0.468 e. The van der Waals surface area contributed by atoms with E-state index in [0.717, 1.165) is 16.4 Å². The monoisotopic (exact) mass is 289 g/mol. The zero-order valence-electron chi connectivity index (χ0n) is 10.8. The number of sulfonamides is 1. The fraction of sp³-hybridized carbons (Fsp3) is 0.417. The maximum absolute atomic E-state index is 12.8. The van der Waals surface area contributed by atoms with E-state index in [9.17, 15) is 17.6 Å². The Balaban J connectivity index is 3.05. The van der Waals surface area contributed by atoms with Gasteiger partial charge in [-0.1, -0.05) is 6.92 Å². The number of nitrogens with zero attached hydrogens (tertiary/aromatic N) is 1. The van der Waals surface area contributed by atoms with Gasteiger partial charge in [-0.25, -0.2) is 12.8 Å². The third-order valence-electron chi connectivity index (χ3n) is 2.46. The van der Waals surface area contributed by atoms with E-state index in [0.29, 0.717) is 6.42 Å². The van der Waals surface area contributed by atoms with Crippen molar-refractivity contribution in [3.63, 3.8) is 0 Å². The zero-order valence-corrected chi connectivity index (χ0v) is 11.6. The molecule has 0 amide bonds. The lowest BCUT2D eigenvalue weighted by Crippen LogP contribution is -2.36. The van der Waals surface area contributed by atoms with Crippen LogP contribution in [0.4, 0.5) is 4.39 Å². The molecule has 7 heteroatoms. The molecule has 0 aliphatic rings. The Morgan fingerprint density at radius 2 is 1.89 bits per heavy atom. The number of hydrogen-bond acceptors (Lipinski definition) is 4. The number of carbonyl (C=O) groups excluding carboxylic acids is 1. The molecule has 0 heterocycles. The first kappa shape index (κ1) is 15.6. The molecule has 0 saturated heterocycles. The minimum absolute atomic E-state index is 0.0498. The van der Waals surface area contributed by atoms with E-state index in [1.807, 2.05) is 0 Å². The van der Waals surface area contributed by atoms with Crippen LogP contribution in [-0.4, -0.2) is 38.9 Å². The first-order valence-electron chi connectivity index (χ1n) is 5.74. The normalized spacial score (nSPS) is 11.6. The van der Waals surface area contributed by atoms with Crippen molar-refractivity contribution in [1.29, 1.82) is 0 Å². The van der Waals surface area contributed by atoms with E-state index in [-0.39, 0.29) is 18.0 Å². The lowest BCUT2D eigenvalue weighted by atomic mass is 10.4. The van der Waals surface area contributed by atoms with Gasteiger partial charge >= 0.3 is 5.97 Å². The SMILES string of the molecule is CCCN(CC(=O)OC)S(=O)(=O)c1ccc(F)cc1. The van der Waals surface area contributed by atoms with Crippen molar-refractivity contribution >= 4 is 16.0 Å². The second-order valence-electron chi connectivity index (χ2n) is 3.87. The van der Waals surface area contributed by atoms with Crippen LogP contribution in [0.25, 0.3) is 0 Å². The summed E-state index contributed by atoms with van der Waals surface area (Å²) in [6, 6.07) is 4.47. The van der Waals surface area contributed by atoms with E-state index in [2.05, 4.69) is 4.74 Å². The number of halogens is 1. The molecule has 0 saturated carbocycles. The van der Waals surface area contributed by atoms with E-state index in [1.54, 1.807) is 6.92 Å². The Morgan fingerprint density at radius 1 is 1.32 bits per heavy atom. The molecule has 1 aromatic carbocycles. The van der Waals surface area contributed by atoms with E-state index >= 15 is 0 Å². The third-order valence-corrected chi connectivity index (χ3v) is 4.32. The van der Waals surface area contributed by atoms with Crippen molar-refractivity contribution in [2.75, 3.05) is 20.2 Å². The summed E-state index contributed by atoms with van der Waals surface area (Å²) in [5, 5.41) is 0. The van der Waals surface area contributed by atoms with Gasteiger partial charge < -0.3 is 4.74 Å². The number of benzene rings is 1. The average Bonchev–Trinajstić information content (AvgIpc) is 2.38. The molecule has 1 aromatic rings. The molecule has 0 unspecified atom stereocenters. The average molecular weight is 289 g/mol. The molecule has 0 radical (unpaired) electrons. The first-order chi connectivity index (χ1) is 8.91. The minimum atomic E-state index is -3.82. The lowest BCUT2D eigenvalue weighted by Gasteiger charge is -2.20. The smallest absolute Gasteiger partial charge is 0.321 e. The molecule has 0 aromatic heterocycles. The molecule has 0 aliphatic carbocycles. The number of ether oxygens (including phenoxy) is 1. The van der Waals surface area contributed by atoms with Crippen LogP contribution >= 0.6 is 0 Å². The third kappa shape index (κ3) is 4.00. The van der Waals surface area contributed by atoms with Crippen LogP contribution in [0.1, 0.15) is 13.3 Å². The van der Waals surface area contributed by atoms with Crippen LogP contribution in [0.5, 0.6) is 0 Å². The molecule has 1 rings (SSSR count). The Kier molecular flexibility index (Phi) is 5.44. The summed E-state index contributed by atoms with van der Waals surface area (Å²) >= 11 is 0. The summed E-state index contributed by atoms with van der Waals surface area (Å²) < 4.78 is 42.9. The summed E-state index contributed by atoms with van der Waals surface area (Å²) in [6.07, 6.45) is 0.553. The Labute approximate surface area is 112 Å². The largest absolute Gasteiger partial charge is 0.468 e. The number of carbonyl (C=O) groups is 1. The van der Waals surface area contributed by atoms with Crippen molar-refractivity contribution in [3.8, 4) is 0 Å². The summed E-state index contributed by atoms with van der Waals surface area (Å²) in [4.78, 5) is 11.2. The van der Waals surface area contributed by atoms with Crippen molar-refractivity contribution in [2.24, 2.45) is 0 Å². The van der Waals surface area contributed by atoms with Gasteiger partial charge in [-0.05, 0) is 30.7 Å². The fourth-order valence-corrected chi connectivity index (χ4v) is 2.97. The molecule has 0 bridgehead atoms. The van der Waals surface area contributed by atoms with Gasteiger partial charge in [0.25, 0.3) is 0 Å². The van der Waals surface area contributed by atoms with Crippen LogP contribution in [0, 0.1) is 5.82 Å². The number of hydrogen-bond donors (Lipinski definition) is 0. The number of methoxy groups -OCH3 is 1. The van der Waals surface area contributed by atoms with Crippen LogP contribution in [0.3, 0.4) is 0 Å². The summed E-state index contributed by atoms with van der Waals surface area (Å²) in [7, 11) is -2.63. The van der Waals surface area contributed by atoms with Crippen LogP contribution < -0.4 is 0 Å². The van der Waals surface area contributed by atoms with Gasteiger partial charge in [-0.15, -0.1) is 0 Å². The molecule has 0 aliphatic heterocycles. The Hall–Kier alpha value is -1.47. The topological polar surface area (TPSA) is 63.7 Å². The number of esters is 1. The van der Waals surface area contributed by atoms with Gasteiger partial charge in [-0.3, -0.25) is 4.79 Å². The molecule has 5 nitrogen and oxygen atoms in total. The highest BCUT2D eigenvalue weighted by Gasteiger charge is 2.26. The van der Waals surface area contributed by atoms with Gasteiger partial charge in [0.05, 0.1) is 12.0 Å². The van der Waals surface area contributed by atoms with Crippen LogP contribution in [0.2, 0.25) is 0 Å². The first-order valence-corrected chi connectivity index (χ1v) is 7.18. The molecule has 19 heavy (non-hydrogen) atoms. The maximum Gasteiger partial charge on any atom is 0.321 e. The number of rotatable bonds is 6. The molecule has 0 atom stereocenters. The molecule has 0 N–H and O–H groups in total. The second kappa shape index (κ2) is 6.63. The highest BCUT2D eigenvalue weighted by atomic mass is 32.2. The predicted octanol–water partition coefficient (Wildman–Crippen LogP) is 1.40. The molecule has 0 fully saturated rings. The Bertz CT molecular complexity index is 527. The van der Waals surface area contributed by atoms with E-state index < -0.39 is 21.8 Å². The van der Waals surface area contributed by atoms with Gasteiger partial charge in [0, 0.05) is 6.54 Å². The standard InChI is InChI=1S/C12H16FNO4S/c1-3-8-14(9-12(15)18-2)19(16,17)11-6-4-10(13)5-7-11/h4-7H,3,8-9H2,1-2H3. The van der Waals surface area contributed by atoms with Gasteiger partial charge in [-0.2, -0.15) is 4.31 Å². The van der Waals surface area contributed by atoms with Crippen molar-refractivity contribution in [3.05, 3.63) is 30.1 Å². The van der Waals surface area contributed by atoms with Crippen LogP contribution in [-0.2, 0) is 19.6 Å². The van der Waals surface area contributed by atoms with Gasteiger partial charge in [0.15, 0.2) is 0 Å². The summed E-state index contributed by atoms with van der Waals surface area (Å²) in [6.45, 7) is 1.63. The highest BCUT2D eigenvalue weighted by Crippen LogP contribution is 2.16. The highest BCUT2D eigenvalue weighted by molar-refractivity contribution is 7.89. The predicted molar refractivity (Wildman–Crippen MR) is 67.5 cm³/mol. The van der Waals surface area contributed by atoms with Gasteiger partial charge in [0.2, 0.25) is 10.0 Å².